The zero-order chi connectivity index (χ0) is 18.7. The molecule has 0 spiro atoms. The number of aromatic hydroxyl groups is 1. The van der Waals surface area contributed by atoms with Gasteiger partial charge in [0.1, 0.15) is 12.3 Å². The van der Waals surface area contributed by atoms with Gasteiger partial charge in [0.15, 0.2) is 11.4 Å². The van der Waals surface area contributed by atoms with E-state index in [9.17, 15) is 14.7 Å². The molecular formula is C18H17N3O5. The first-order valence-electron chi connectivity index (χ1n) is 7.79. The number of pyridine rings is 1. The maximum atomic E-state index is 12.0. The molecule has 1 aromatic carbocycles. The number of carboxylic acid groups (broad SMARTS) is 1. The van der Waals surface area contributed by atoms with Crippen LogP contribution in [-0.2, 0) is 11.3 Å². The van der Waals surface area contributed by atoms with Crippen molar-refractivity contribution in [2.75, 3.05) is 13.7 Å². The summed E-state index contributed by atoms with van der Waals surface area (Å²) in [6.45, 7) is -0.0127. The third kappa shape index (κ3) is 3.44. The van der Waals surface area contributed by atoms with Crippen molar-refractivity contribution in [3.63, 3.8) is 0 Å². The fraction of sp³-hybridized carbons (Fsp3) is 0.167. The van der Waals surface area contributed by atoms with Gasteiger partial charge in [0.2, 0.25) is 0 Å². The van der Waals surface area contributed by atoms with Crippen molar-refractivity contribution in [3.8, 4) is 11.5 Å². The molecule has 0 unspecified atom stereocenters. The summed E-state index contributed by atoms with van der Waals surface area (Å²) in [7, 11) is 1.60. The number of carbonyl (C=O) groups is 2. The molecule has 8 heteroatoms. The number of aliphatic carboxylic acids is 1. The van der Waals surface area contributed by atoms with Gasteiger partial charge >= 0.3 is 5.97 Å². The first kappa shape index (κ1) is 17.3. The number of carboxylic acids is 1. The second kappa shape index (κ2) is 7.14. The molecule has 0 aliphatic carbocycles. The summed E-state index contributed by atoms with van der Waals surface area (Å²) in [6, 6.07) is 9.29. The molecule has 0 fully saturated rings. The summed E-state index contributed by atoms with van der Waals surface area (Å²) in [5.74, 6) is -1.46. The van der Waals surface area contributed by atoms with Crippen molar-refractivity contribution in [1.82, 2.24) is 14.9 Å². The number of rotatable bonds is 6. The molecule has 0 saturated carbocycles. The van der Waals surface area contributed by atoms with Crippen LogP contribution >= 0.6 is 0 Å². The predicted octanol–water partition coefficient (Wildman–Crippen LogP) is 1.61. The predicted molar refractivity (Wildman–Crippen MR) is 93.5 cm³/mol. The minimum absolute atomic E-state index is 0.210. The molecule has 3 aromatic rings. The molecule has 0 aliphatic heterocycles. The van der Waals surface area contributed by atoms with E-state index in [1.54, 1.807) is 19.4 Å². The Bertz CT molecular complexity index is 980. The molecule has 1 amide bonds. The highest BCUT2D eigenvalue weighted by Gasteiger charge is 2.18. The monoisotopic (exact) mass is 355 g/mol. The molecule has 2 heterocycles. The van der Waals surface area contributed by atoms with E-state index < -0.39 is 18.4 Å². The molecule has 0 radical (unpaired) electrons. The Morgan fingerprint density at radius 2 is 2.12 bits per heavy atom. The summed E-state index contributed by atoms with van der Waals surface area (Å²) in [6.07, 6.45) is 3.26. The number of fused-ring (bicyclic) bond motifs is 1. The number of carbonyl (C=O) groups excluding carboxylic acids is 1. The lowest BCUT2D eigenvalue weighted by molar-refractivity contribution is -0.135. The van der Waals surface area contributed by atoms with E-state index in [4.69, 9.17) is 9.84 Å². The van der Waals surface area contributed by atoms with Crippen molar-refractivity contribution in [1.29, 1.82) is 0 Å². The van der Waals surface area contributed by atoms with E-state index in [2.05, 4.69) is 10.3 Å². The Labute approximate surface area is 148 Å². The molecule has 0 saturated heterocycles. The largest absolute Gasteiger partial charge is 0.505 e. The average Bonchev–Trinajstić information content (AvgIpc) is 3.04. The summed E-state index contributed by atoms with van der Waals surface area (Å²) in [4.78, 5) is 26.5. The number of methoxy groups -OCH3 is 1. The Morgan fingerprint density at radius 3 is 2.85 bits per heavy atom. The highest BCUT2D eigenvalue weighted by Crippen LogP contribution is 2.28. The van der Waals surface area contributed by atoms with Crippen LogP contribution in [-0.4, -0.2) is 45.3 Å². The molecule has 2 aromatic heterocycles. The van der Waals surface area contributed by atoms with Crippen molar-refractivity contribution in [2.45, 2.75) is 6.54 Å². The molecule has 0 bridgehead atoms. The molecule has 8 nitrogen and oxygen atoms in total. The van der Waals surface area contributed by atoms with Gasteiger partial charge in [-0.05, 0) is 23.8 Å². The molecule has 134 valence electrons. The van der Waals surface area contributed by atoms with E-state index in [0.29, 0.717) is 17.4 Å². The smallest absolute Gasteiger partial charge is 0.322 e. The van der Waals surface area contributed by atoms with Crippen molar-refractivity contribution in [2.24, 2.45) is 0 Å². The van der Waals surface area contributed by atoms with Gasteiger partial charge in [0.25, 0.3) is 5.91 Å². The van der Waals surface area contributed by atoms with Crippen LogP contribution in [0, 0.1) is 0 Å². The lowest BCUT2D eigenvalue weighted by atomic mass is 10.2. The van der Waals surface area contributed by atoms with Gasteiger partial charge < -0.3 is 24.8 Å². The number of hydrogen-bond donors (Lipinski definition) is 3. The van der Waals surface area contributed by atoms with Gasteiger partial charge in [-0.2, -0.15) is 0 Å². The lowest BCUT2D eigenvalue weighted by Crippen LogP contribution is -2.29. The van der Waals surface area contributed by atoms with Crippen LogP contribution in [0.2, 0.25) is 0 Å². The number of nitrogens with one attached hydrogen (secondary N) is 1. The van der Waals surface area contributed by atoms with Crippen LogP contribution in [0.5, 0.6) is 11.5 Å². The fourth-order valence-corrected chi connectivity index (χ4v) is 2.65. The number of amides is 1. The van der Waals surface area contributed by atoms with Crippen LogP contribution in [0.3, 0.4) is 0 Å². The highest BCUT2D eigenvalue weighted by molar-refractivity contribution is 6.01. The second-order valence-electron chi connectivity index (χ2n) is 5.63. The number of nitrogens with zero attached hydrogens (tertiary/aromatic N) is 2. The number of aromatic nitrogens is 2. The fourth-order valence-electron chi connectivity index (χ4n) is 2.65. The summed E-state index contributed by atoms with van der Waals surface area (Å²) < 4.78 is 7.10. The van der Waals surface area contributed by atoms with Crippen LogP contribution in [0.4, 0.5) is 0 Å². The zero-order valence-electron chi connectivity index (χ0n) is 14.0. The van der Waals surface area contributed by atoms with Gasteiger partial charge in [-0.25, -0.2) is 4.98 Å². The molecule has 0 aliphatic rings. The summed E-state index contributed by atoms with van der Waals surface area (Å²) in [5.41, 5.74) is 1.45. The Morgan fingerprint density at radius 1 is 1.31 bits per heavy atom. The molecule has 3 rings (SSSR count). The maximum Gasteiger partial charge on any atom is 0.322 e. The third-order valence-electron chi connectivity index (χ3n) is 3.90. The van der Waals surface area contributed by atoms with E-state index >= 15 is 0 Å². The van der Waals surface area contributed by atoms with Crippen LogP contribution in [0.15, 0.2) is 42.7 Å². The maximum absolute atomic E-state index is 12.0. The molecular weight excluding hydrogens is 338 g/mol. The normalized spacial score (nSPS) is 10.7. The standard InChI is InChI=1S/C18H17N3O5/c1-26-12-4-2-3-11(7-12)10-21-6-5-13-14(21)8-19-16(17(13)24)18(25)20-9-15(22)23/h2-8,24H,9-10H2,1H3,(H,20,25)(H,22,23). The quantitative estimate of drug-likeness (QED) is 0.619. The van der Waals surface area contributed by atoms with Gasteiger partial charge in [-0.15, -0.1) is 0 Å². The van der Waals surface area contributed by atoms with E-state index in [0.717, 1.165) is 11.3 Å². The average molecular weight is 355 g/mol. The van der Waals surface area contributed by atoms with Crippen molar-refractivity contribution in [3.05, 3.63) is 54.0 Å². The molecule has 0 atom stereocenters. The van der Waals surface area contributed by atoms with E-state index in [1.807, 2.05) is 28.8 Å². The number of benzene rings is 1. The molecule has 3 N–H and O–H groups in total. The first-order valence-corrected chi connectivity index (χ1v) is 7.79. The van der Waals surface area contributed by atoms with Crippen molar-refractivity contribution >= 4 is 22.8 Å². The Kier molecular flexibility index (Phi) is 4.74. The van der Waals surface area contributed by atoms with Gasteiger partial charge in [0, 0.05) is 18.1 Å². The first-order chi connectivity index (χ1) is 12.5. The zero-order valence-corrected chi connectivity index (χ0v) is 14.0. The Hall–Kier alpha value is -3.55. The molecule has 26 heavy (non-hydrogen) atoms. The van der Waals surface area contributed by atoms with Crippen molar-refractivity contribution < 1.29 is 24.5 Å². The van der Waals surface area contributed by atoms with E-state index in [1.165, 1.54) is 6.20 Å². The minimum Gasteiger partial charge on any atom is -0.505 e. The number of hydrogen-bond acceptors (Lipinski definition) is 5. The SMILES string of the molecule is COc1cccc(Cn2ccc3c(O)c(C(=O)NCC(=O)O)ncc32)c1. The second-order valence-corrected chi connectivity index (χ2v) is 5.63. The van der Waals surface area contributed by atoms with E-state index in [-0.39, 0.29) is 11.4 Å². The topological polar surface area (TPSA) is 114 Å². The lowest BCUT2D eigenvalue weighted by Gasteiger charge is -2.09. The van der Waals surface area contributed by atoms with Gasteiger partial charge in [0.05, 0.1) is 18.8 Å². The summed E-state index contributed by atoms with van der Waals surface area (Å²) >= 11 is 0. The Balaban J connectivity index is 1.89. The van der Waals surface area contributed by atoms with Gasteiger partial charge in [-0.3, -0.25) is 9.59 Å². The minimum atomic E-state index is -1.18. The van der Waals surface area contributed by atoms with Gasteiger partial charge in [-0.1, -0.05) is 12.1 Å². The highest BCUT2D eigenvalue weighted by atomic mass is 16.5. The van der Waals surface area contributed by atoms with Crippen LogP contribution < -0.4 is 10.1 Å². The summed E-state index contributed by atoms with van der Waals surface area (Å²) in [5, 5.41) is 21.6. The third-order valence-corrected chi connectivity index (χ3v) is 3.90. The van der Waals surface area contributed by atoms with Crippen LogP contribution in [0.25, 0.3) is 10.9 Å². The number of ether oxygens (including phenoxy) is 1. The van der Waals surface area contributed by atoms with Crippen LogP contribution in [0.1, 0.15) is 16.1 Å².